The van der Waals surface area contributed by atoms with Crippen LogP contribution < -0.4 is 20.1 Å². The monoisotopic (exact) mass is 614 g/mol. The minimum absolute atomic E-state index is 0.0146. The van der Waals surface area contributed by atoms with Gasteiger partial charge in [-0.3, -0.25) is 4.79 Å². The van der Waals surface area contributed by atoms with Gasteiger partial charge in [0, 0.05) is 49.7 Å². The van der Waals surface area contributed by atoms with Crippen molar-refractivity contribution >= 4 is 33.3 Å². The maximum atomic E-state index is 13.5. The molecule has 43 heavy (non-hydrogen) atoms. The van der Waals surface area contributed by atoms with E-state index in [1.165, 1.54) is 23.9 Å². The Balaban J connectivity index is 1.59. The molecule has 3 N–H and O–H groups in total. The topological polar surface area (TPSA) is 155 Å². The second kappa shape index (κ2) is 13.4. The first-order chi connectivity index (χ1) is 20.4. The van der Waals surface area contributed by atoms with Gasteiger partial charge in [0.2, 0.25) is 5.91 Å². The number of nitrogens with one attached hydrogen (secondary N) is 2. The van der Waals surface area contributed by atoms with Gasteiger partial charge in [0.1, 0.15) is 17.6 Å². The number of ether oxygens (including phenoxy) is 2. The molecule has 0 fully saturated rings. The van der Waals surface area contributed by atoms with Gasteiger partial charge in [-0.05, 0) is 49.4 Å². The second-order valence-electron chi connectivity index (χ2n) is 10.7. The molecule has 0 unspecified atom stereocenters. The first-order valence-corrected chi connectivity index (χ1v) is 15.2. The van der Waals surface area contributed by atoms with E-state index in [2.05, 4.69) is 15.6 Å². The number of hydrogen-bond donors (Lipinski definition) is 3. The Morgan fingerprint density at radius 2 is 1.88 bits per heavy atom. The fourth-order valence-electron chi connectivity index (χ4n) is 4.73. The van der Waals surface area contributed by atoms with E-state index in [4.69, 9.17) is 9.47 Å². The predicted molar refractivity (Wildman–Crippen MR) is 161 cm³/mol. The minimum Gasteiger partial charge on any atom is -0.497 e. The summed E-state index contributed by atoms with van der Waals surface area (Å²) < 4.78 is 40.7. The number of benzene rings is 2. The normalized spacial score (nSPS) is 18.1. The van der Waals surface area contributed by atoms with Crippen LogP contribution in [0.4, 0.5) is 16.2 Å². The summed E-state index contributed by atoms with van der Waals surface area (Å²) in [5.74, 6) is 0.519. The lowest BCUT2D eigenvalue weighted by Gasteiger charge is -2.33. The summed E-state index contributed by atoms with van der Waals surface area (Å²) >= 11 is 0. The van der Waals surface area contributed by atoms with Crippen LogP contribution in [0.1, 0.15) is 19.4 Å². The Hall–Kier alpha value is -4.14. The third kappa shape index (κ3) is 7.63. The van der Waals surface area contributed by atoms with Crippen molar-refractivity contribution < 1.29 is 32.6 Å². The van der Waals surface area contributed by atoms with E-state index in [-0.39, 0.29) is 43.0 Å². The third-order valence-corrected chi connectivity index (χ3v) is 9.02. The highest BCUT2D eigenvalue weighted by Gasteiger charge is 2.34. The standard InChI is InChI=1S/C29H38N6O7S/c1-19-14-35(20(2)17-36)28(37)13-21-12-23(32-29(38)31-22-6-9-24(41-5)10-7-22)8-11-25(21)42-26(19)15-34(4)43(39,40)27-16-33(3)18-30-27/h6-12,16,18-20,26,36H,13-15,17H2,1-5H3,(H2,31,32,38)/t19-,20-,26-/m0/s1. The lowest BCUT2D eigenvalue weighted by Crippen LogP contribution is -2.48. The van der Waals surface area contributed by atoms with E-state index in [0.717, 1.165) is 0 Å². The molecule has 13 nitrogen and oxygen atoms in total. The maximum Gasteiger partial charge on any atom is 0.323 e. The number of sulfonamides is 1. The van der Waals surface area contributed by atoms with Crippen molar-refractivity contribution in [3.05, 3.63) is 60.6 Å². The highest BCUT2D eigenvalue weighted by Crippen LogP contribution is 2.30. The van der Waals surface area contributed by atoms with E-state index >= 15 is 0 Å². The number of aliphatic hydroxyl groups excluding tert-OH is 1. The fourth-order valence-corrected chi connectivity index (χ4v) is 5.87. The summed E-state index contributed by atoms with van der Waals surface area (Å²) in [6, 6.07) is 10.9. The Morgan fingerprint density at radius 1 is 1.21 bits per heavy atom. The molecule has 1 aliphatic heterocycles. The van der Waals surface area contributed by atoms with E-state index in [0.29, 0.717) is 28.4 Å². The third-order valence-electron chi connectivity index (χ3n) is 7.32. The fraction of sp³-hybridized carbons (Fsp3) is 0.414. The van der Waals surface area contributed by atoms with E-state index in [1.807, 2.05) is 6.92 Å². The van der Waals surface area contributed by atoms with Gasteiger partial charge in [-0.25, -0.2) is 18.2 Å². The highest BCUT2D eigenvalue weighted by atomic mass is 32.2. The molecule has 1 aromatic heterocycles. The smallest absolute Gasteiger partial charge is 0.323 e. The van der Waals surface area contributed by atoms with Crippen molar-refractivity contribution in [1.82, 2.24) is 18.8 Å². The first-order valence-electron chi connectivity index (χ1n) is 13.8. The van der Waals surface area contributed by atoms with Crippen LogP contribution in [0.3, 0.4) is 0 Å². The number of imidazole rings is 1. The summed E-state index contributed by atoms with van der Waals surface area (Å²) in [5.41, 5.74) is 1.51. The van der Waals surface area contributed by atoms with Gasteiger partial charge in [0.25, 0.3) is 10.0 Å². The van der Waals surface area contributed by atoms with Crippen LogP contribution in [0.25, 0.3) is 0 Å². The number of likely N-dealkylation sites (N-methyl/N-ethyl adjacent to an activating group) is 1. The number of aromatic nitrogens is 2. The van der Waals surface area contributed by atoms with Gasteiger partial charge in [-0.15, -0.1) is 0 Å². The number of aliphatic hydroxyl groups is 1. The van der Waals surface area contributed by atoms with Gasteiger partial charge in [0.15, 0.2) is 5.03 Å². The van der Waals surface area contributed by atoms with Crippen LogP contribution in [0, 0.1) is 5.92 Å². The minimum atomic E-state index is -3.90. The van der Waals surface area contributed by atoms with Crippen LogP contribution in [0.2, 0.25) is 0 Å². The summed E-state index contributed by atoms with van der Waals surface area (Å²) in [5, 5.41) is 15.3. The zero-order valence-electron chi connectivity index (χ0n) is 24.9. The maximum absolute atomic E-state index is 13.5. The number of rotatable bonds is 9. The van der Waals surface area contributed by atoms with Crippen molar-refractivity contribution in [3.63, 3.8) is 0 Å². The summed E-state index contributed by atoms with van der Waals surface area (Å²) in [6.07, 6.45) is 2.14. The van der Waals surface area contributed by atoms with Crippen molar-refractivity contribution in [2.45, 2.75) is 37.4 Å². The van der Waals surface area contributed by atoms with Gasteiger partial charge in [-0.1, -0.05) is 6.92 Å². The van der Waals surface area contributed by atoms with Crippen LogP contribution >= 0.6 is 0 Å². The average molecular weight is 615 g/mol. The number of nitrogens with zero attached hydrogens (tertiary/aromatic N) is 4. The quantitative estimate of drug-likeness (QED) is 0.332. The molecule has 232 valence electrons. The SMILES string of the molecule is COc1ccc(NC(=O)Nc2ccc3c(c2)CC(=O)N([C@@H](C)CO)C[C@H](C)[C@H](CN(C)S(=O)(=O)c2cn(C)cn2)O3)cc1. The van der Waals surface area contributed by atoms with Gasteiger partial charge < -0.3 is 34.7 Å². The number of carbonyl (C=O) groups excluding carboxylic acids is 2. The molecule has 0 bridgehead atoms. The Bertz CT molecular complexity index is 1540. The zero-order chi connectivity index (χ0) is 31.3. The molecule has 14 heteroatoms. The zero-order valence-corrected chi connectivity index (χ0v) is 25.7. The van der Waals surface area contributed by atoms with Gasteiger partial charge in [-0.2, -0.15) is 4.31 Å². The Labute approximate surface area is 251 Å². The molecule has 0 spiro atoms. The van der Waals surface area contributed by atoms with Crippen molar-refractivity contribution in [2.24, 2.45) is 13.0 Å². The molecule has 3 amide bonds. The number of methoxy groups -OCH3 is 1. The average Bonchev–Trinajstić information content (AvgIpc) is 3.44. The molecule has 1 aliphatic rings. The lowest BCUT2D eigenvalue weighted by molar-refractivity contribution is -0.134. The van der Waals surface area contributed by atoms with Crippen molar-refractivity contribution in [1.29, 1.82) is 0 Å². The molecular formula is C29H38N6O7S. The van der Waals surface area contributed by atoms with Crippen molar-refractivity contribution in [2.75, 3.05) is 44.5 Å². The Kier molecular flexibility index (Phi) is 9.94. The molecule has 2 aromatic carbocycles. The molecule has 3 atom stereocenters. The van der Waals surface area contributed by atoms with Crippen LogP contribution in [-0.4, -0.2) is 90.2 Å². The van der Waals surface area contributed by atoms with Gasteiger partial charge in [0.05, 0.1) is 39.1 Å². The molecule has 0 radical (unpaired) electrons. The van der Waals surface area contributed by atoms with Crippen LogP contribution in [0.15, 0.2) is 60.0 Å². The number of aryl methyl sites for hydroxylation is 1. The van der Waals surface area contributed by atoms with Crippen LogP contribution in [-0.2, 0) is 28.3 Å². The van der Waals surface area contributed by atoms with E-state index in [1.54, 1.807) is 73.0 Å². The number of hydrogen-bond acceptors (Lipinski definition) is 8. The Morgan fingerprint density at radius 3 is 2.51 bits per heavy atom. The van der Waals surface area contributed by atoms with Crippen LogP contribution in [0.5, 0.6) is 11.5 Å². The number of amides is 3. The number of carbonyl (C=O) groups is 2. The summed E-state index contributed by atoms with van der Waals surface area (Å²) in [7, 11) is 0.798. The summed E-state index contributed by atoms with van der Waals surface area (Å²) in [6.45, 7) is 3.61. The van der Waals surface area contributed by atoms with E-state index in [9.17, 15) is 23.1 Å². The molecule has 0 saturated carbocycles. The predicted octanol–water partition coefficient (Wildman–Crippen LogP) is 2.54. The second-order valence-corrected chi connectivity index (χ2v) is 12.7. The summed E-state index contributed by atoms with van der Waals surface area (Å²) in [4.78, 5) is 31.7. The number of fused-ring (bicyclic) bond motifs is 1. The van der Waals surface area contributed by atoms with Crippen molar-refractivity contribution in [3.8, 4) is 11.5 Å². The molecule has 3 aromatic rings. The highest BCUT2D eigenvalue weighted by molar-refractivity contribution is 7.89. The molecule has 4 rings (SSSR count). The molecule has 0 saturated heterocycles. The first kappa shape index (κ1) is 31.8. The largest absolute Gasteiger partial charge is 0.497 e. The number of urea groups is 1. The number of anilines is 2. The molecular weight excluding hydrogens is 576 g/mol. The molecule has 0 aliphatic carbocycles. The van der Waals surface area contributed by atoms with E-state index < -0.39 is 28.2 Å². The lowest BCUT2D eigenvalue weighted by atomic mass is 10.0. The molecule has 2 heterocycles. The van der Waals surface area contributed by atoms with Gasteiger partial charge >= 0.3 is 6.03 Å².